The molecule has 0 aromatic heterocycles. The summed E-state index contributed by atoms with van der Waals surface area (Å²) in [5.74, 6) is -0.953. The number of carbonyl (C=O) groups is 2. The summed E-state index contributed by atoms with van der Waals surface area (Å²) < 4.78 is 13.9. The van der Waals surface area contributed by atoms with Crippen molar-refractivity contribution < 1.29 is 14.0 Å². The molecule has 2 N–H and O–H groups in total. The molecule has 2 saturated heterocycles. The normalized spacial score (nSPS) is 26.9. The van der Waals surface area contributed by atoms with Gasteiger partial charge in [-0.05, 0) is 6.07 Å². The van der Waals surface area contributed by atoms with Gasteiger partial charge < -0.3 is 15.5 Å². The number of nitrogens with one attached hydrogen (secondary N) is 2. The van der Waals surface area contributed by atoms with Crippen molar-refractivity contribution in [2.75, 3.05) is 19.6 Å². The Morgan fingerprint density at radius 3 is 2.79 bits per heavy atom. The first-order valence-corrected chi connectivity index (χ1v) is 6.22. The molecule has 2 aliphatic rings. The van der Waals surface area contributed by atoms with Gasteiger partial charge in [-0.3, -0.25) is 9.59 Å². The van der Waals surface area contributed by atoms with Gasteiger partial charge in [0.25, 0.3) is 0 Å². The number of fused-ring (bicyclic) bond motifs is 1. The van der Waals surface area contributed by atoms with E-state index in [4.69, 9.17) is 0 Å². The molecule has 19 heavy (non-hydrogen) atoms. The van der Waals surface area contributed by atoms with E-state index in [1.54, 1.807) is 18.2 Å². The van der Waals surface area contributed by atoms with E-state index in [1.165, 1.54) is 11.0 Å². The van der Waals surface area contributed by atoms with Gasteiger partial charge in [-0.25, -0.2) is 4.39 Å². The molecule has 2 heterocycles. The highest BCUT2D eigenvalue weighted by Crippen LogP contribution is 2.29. The summed E-state index contributed by atoms with van der Waals surface area (Å²) in [6, 6.07) is 5.10. The number of piperazine rings is 2. The third-order valence-electron chi connectivity index (χ3n) is 3.58. The standard InChI is InChI=1S/C13H14FN3O2/c14-10-4-2-1-3-9(10)12-13(19)16-6-8-5-15-7-11(18)17(8)12/h1-4,8,12,15H,5-7H2,(H,16,19). The lowest BCUT2D eigenvalue weighted by Gasteiger charge is -2.44. The molecular formula is C13H14FN3O2. The van der Waals surface area contributed by atoms with Gasteiger partial charge in [-0.1, -0.05) is 18.2 Å². The van der Waals surface area contributed by atoms with Gasteiger partial charge in [0.05, 0.1) is 12.6 Å². The Kier molecular flexibility index (Phi) is 2.94. The first-order valence-electron chi connectivity index (χ1n) is 6.22. The van der Waals surface area contributed by atoms with Crippen molar-refractivity contribution in [3.05, 3.63) is 35.6 Å². The number of carbonyl (C=O) groups excluding carboxylic acids is 2. The molecule has 0 bridgehead atoms. The molecule has 2 atom stereocenters. The smallest absolute Gasteiger partial charge is 0.247 e. The van der Waals surface area contributed by atoms with E-state index < -0.39 is 11.9 Å². The highest BCUT2D eigenvalue weighted by atomic mass is 19.1. The molecule has 2 fully saturated rings. The number of hydrogen-bond donors (Lipinski definition) is 2. The topological polar surface area (TPSA) is 61.4 Å². The van der Waals surface area contributed by atoms with Crippen LogP contribution >= 0.6 is 0 Å². The van der Waals surface area contributed by atoms with E-state index in [-0.39, 0.29) is 30.0 Å². The minimum atomic E-state index is -0.866. The van der Waals surface area contributed by atoms with Crippen molar-refractivity contribution in [1.82, 2.24) is 15.5 Å². The third kappa shape index (κ3) is 1.98. The second kappa shape index (κ2) is 4.62. The van der Waals surface area contributed by atoms with Crippen LogP contribution in [0.1, 0.15) is 11.6 Å². The minimum Gasteiger partial charge on any atom is -0.352 e. The highest BCUT2D eigenvalue weighted by Gasteiger charge is 2.42. The summed E-state index contributed by atoms with van der Waals surface area (Å²) in [4.78, 5) is 25.6. The molecule has 2 amide bonds. The van der Waals surface area contributed by atoms with Crippen molar-refractivity contribution in [2.45, 2.75) is 12.1 Å². The van der Waals surface area contributed by atoms with Crippen molar-refractivity contribution in [1.29, 1.82) is 0 Å². The Morgan fingerprint density at radius 2 is 2.00 bits per heavy atom. The summed E-state index contributed by atoms with van der Waals surface area (Å²) in [7, 11) is 0. The van der Waals surface area contributed by atoms with Crippen LogP contribution in [0.15, 0.2) is 24.3 Å². The fourth-order valence-electron chi connectivity index (χ4n) is 2.69. The highest BCUT2D eigenvalue weighted by molar-refractivity contribution is 5.91. The largest absolute Gasteiger partial charge is 0.352 e. The summed E-state index contributed by atoms with van der Waals surface area (Å²) in [6.07, 6.45) is 0. The molecule has 6 heteroatoms. The van der Waals surface area contributed by atoms with Crippen LogP contribution in [-0.4, -0.2) is 42.4 Å². The summed E-state index contributed by atoms with van der Waals surface area (Å²) >= 11 is 0. The Hall–Kier alpha value is -1.95. The maximum Gasteiger partial charge on any atom is 0.247 e. The van der Waals surface area contributed by atoms with Gasteiger partial charge in [0.2, 0.25) is 11.8 Å². The predicted molar refractivity (Wildman–Crippen MR) is 65.7 cm³/mol. The zero-order valence-corrected chi connectivity index (χ0v) is 10.2. The lowest BCUT2D eigenvalue weighted by Crippen LogP contribution is -2.65. The van der Waals surface area contributed by atoms with Crippen LogP contribution in [-0.2, 0) is 9.59 Å². The number of nitrogens with zero attached hydrogens (tertiary/aromatic N) is 1. The molecule has 5 nitrogen and oxygen atoms in total. The van der Waals surface area contributed by atoms with E-state index in [1.807, 2.05) is 0 Å². The van der Waals surface area contributed by atoms with E-state index in [2.05, 4.69) is 10.6 Å². The number of benzene rings is 1. The van der Waals surface area contributed by atoms with E-state index in [0.29, 0.717) is 13.1 Å². The van der Waals surface area contributed by atoms with Crippen LogP contribution in [0, 0.1) is 5.82 Å². The van der Waals surface area contributed by atoms with Gasteiger partial charge in [0.15, 0.2) is 0 Å². The summed E-state index contributed by atoms with van der Waals surface area (Å²) in [5.41, 5.74) is 0.250. The van der Waals surface area contributed by atoms with Crippen LogP contribution in [0.2, 0.25) is 0 Å². The molecule has 0 spiro atoms. The third-order valence-corrected chi connectivity index (χ3v) is 3.58. The van der Waals surface area contributed by atoms with Crippen LogP contribution in [0.5, 0.6) is 0 Å². The SMILES string of the molecule is O=C1NCC2CNCC(=O)N2C1c1ccccc1F. The second-order valence-electron chi connectivity index (χ2n) is 4.75. The molecule has 0 radical (unpaired) electrons. The van der Waals surface area contributed by atoms with Gasteiger partial charge in [0, 0.05) is 18.7 Å². The molecular weight excluding hydrogens is 249 g/mol. The van der Waals surface area contributed by atoms with Crippen molar-refractivity contribution in [3.63, 3.8) is 0 Å². The molecule has 0 saturated carbocycles. The average molecular weight is 263 g/mol. The predicted octanol–water partition coefficient (Wildman–Crippen LogP) is -0.203. The van der Waals surface area contributed by atoms with Crippen molar-refractivity contribution in [3.8, 4) is 0 Å². The van der Waals surface area contributed by atoms with Crippen molar-refractivity contribution >= 4 is 11.8 Å². The second-order valence-corrected chi connectivity index (χ2v) is 4.75. The molecule has 2 aliphatic heterocycles. The molecule has 2 unspecified atom stereocenters. The molecule has 3 rings (SSSR count). The zero-order chi connectivity index (χ0) is 13.4. The zero-order valence-electron chi connectivity index (χ0n) is 10.2. The van der Waals surface area contributed by atoms with E-state index in [0.717, 1.165) is 0 Å². The summed E-state index contributed by atoms with van der Waals surface area (Å²) in [6.45, 7) is 1.20. The van der Waals surface area contributed by atoms with Crippen LogP contribution < -0.4 is 10.6 Å². The van der Waals surface area contributed by atoms with Gasteiger partial charge in [-0.2, -0.15) is 0 Å². The maximum atomic E-state index is 13.9. The quantitative estimate of drug-likeness (QED) is 0.737. The molecule has 0 aliphatic carbocycles. The van der Waals surface area contributed by atoms with E-state index in [9.17, 15) is 14.0 Å². The minimum absolute atomic E-state index is 0.122. The van der Waals surface area contributed by atoms with Gasteiger partial charge >= 0.3 is 0 Å². The fourth-order valence-corrected chi connectivity index (χ4v) is 2.69. The lowest BCUT2D eigenvalue weighted by atomic mass is 9.97. The average Bonchev–Trinajstić information content (AvgIpc) is 2.41. The Bertz CT molecular complexity index is 534. The van der Waals surface area contributed by atoms with Gasteiger partial charge in [0.1, 0.15) is 11.9 Å². The first-order chi connectivity index (χ1) is 9.18. The fraction of sp³-hybridized carbons (Fsp3) is 0.385. The Balaban J connectivity index is 2.03. The Labute approximate surface area is 109 Å². The monoisotopic (exact) mass is 263 g/mol. The number of halogens is 1. The molecule has 1 aromatic rings. The van der Waals surface area contributed by atoms with Crippen LogP contribution in [0.25, 0.3) is 0 Å². The van der Waals surface area contributed by atoms with Gasteiger partial charge in [-0.15, -0.1) is 0 Å². The number of amides is 2. The Morgan fingerprint density at radius 1 is 1.21 bits per heavy atom. The van der Waals surface area contributed by atoms with Crippen LogP contribution in [0.4, 0.5) is 4.39 Å². The van der Waals surface area contributed by atoms with E-state index >= 15 is 0 Å². The first kappa shape index (κ1) is 12.1. The maximum absolute atomic E-state index is 13.9. The van der Waals surface area contributed by atoms with Crippen molar-refractivity contribution in [2.24, 2.45) is 0 Å². The summed E-state index contributed by atoms with van der Waals surface area (Å²) in [5, 5.41) is 5.74. The number of hydrogen-bond acceptors (Lipinski definition) is 3. The van der Waals surface area contributed by atoms with Crippen LogP contribution in [0.3, 0.4) is 0 Å². The number of rotatable bonds is 1. The molecule has 1 aromatic carbocycles. The molecule has 100 valence electrons. The lowest BCUT2D eigenvalue weighted by molar-refractivity contribution is -0.149.